The molecule has 3 heterocycles. The minimum Gasteiger partial charge on any atom is -0.393 e. The predicted molar refractivity (Wildman–Crippen MR) is 62.6 cm³/mol. The summed E-state index contributed by atoms with van der Waals surface area (Å²) in [6.45, 7) is 0.752. The topological polar surface area (TPSA) is 72.2 Å². The van der Waals surface area contributed by atoms with Gasteiger partial charge in [-0.15, -0.1) is 0 Å². The zero-order valence-corrected chi connectivity index (χ0v) is 10.4. The maximum Gasteiger partial charge on any atom is 0.151 e. The zero-order valence-electron chi connectivity index (χ0n) is 9.54. The number of sulfone groups is 1. The van der Waals surface area contributed by atoms with E-state index in [1.165, 1.54) is 0 Å². The molecule has 6 heteroatoms. The van der Waals surface area contributed by atoms with Crippen LogP contribution in [0.4, 0.5) is 0 Å². The number of fused-ring (bicyclic) bond motifs is 1. The van der Waals surface area contributed by atoms with Crippen LogP contribution in [-0.4, -0.2) is 40.7 Å². The van der Waals surface area contributed by atoms with Crippen LogP contribution in [0.5, 0.6) is 0 Å². The first-order chi connectivity index (χ1) is 8.05. The Bertz CT molecular complexity index is 535. The van der Waals surface area contributed by atoms with E-state index in [4.69, 9.17) is 0 Å². The molecule has 2 atom stereocenters. The van der Waals surface area contributed by atoms with E-state index in [1.807, 2.05) is 0 Å². The van der Waals surface area contributed by atoms with Gasteiger partial charge in [-0.1, -0.05) is 0 Å². The van der Waals surface area contributed by atoms with Crippen LogP contribution in [0.2, 0.25) is 0 Å². The van der Waals surface area contributed by atoms with Crippen LogP contribution < -0.4 is 0 Å². The summed E-state index contributed by atoms with van der Waals surface area (Å²) in [7, 11) is -2.86. The molecule has 94 valence electrons. The quantitative estimate of drug-likeness (QED) is 0.773. The van der Waals surface area contributed by atoms with E-state index in [0.717, 1.165) is 24.5 Å². The second kappa shape index (κ2) is 3.81. The summed E-state index contributed by atoms with van der Waals surface area (Å²) in [5, 5.41) is 9.58. The van der Waals surface area contributed by atoms with Crippen molar-refractivity contribution in [1.82, 2.24) is 9.55 Å². The lowest BCUT2D eigenvalue weighted by Gasteiger charge is -2.22. The highest BCUT2D eigenvalue weighted by atomic mass is 32.2. The summed E-state index contributed by atoms with van der Waals surface area (Å²) < 4.78 is 25.1. The van der Waals surface area contributed by atoms with E-state index < -0.39 is 9.84 Å². The van der Waals surface area contributed by atoms with Gasteiger partial charge < -0.3 is 9.67 Å². The number of aliphatic hydroxyl groups is 1. The molecule has 0 saturated carbocycles. The number of hydrogen-bond donors (Lipinski definition) is 1. The van der Waals surface area contributed by atoms with Crippen LogP contribution in [0.3, 0.4) is 0 Å². The molecule has 1 aromatic rings. The highest BCUT2D eigenvalue weighted by Crippen LogP contribution is 2.30. The minimum atomic E-state index is -2.86. The van der Waals surface area contributed by atoms with Gasteiger partial charge in [-0.2, -0.15) is 0 Å². The number of rotatable bonds is 1. The van der Waals surface area contributed by atoms with Crippen LogP contribution in [-0.2, 0) is 22.8 Å². The molecular weight excluding hydrogens is 240 g/mol. The number of hydrogen-bond acceptors (Lipinski definition) is 4. The van der Waals surface area contributed by atoms with Crippen molar-refractivity contribution in [1.29, 1.82) is 0 Å². The van der Waals surface area contributed by atoms with Crippen molar-refractivity contribution in [3.63, 3.8) is 0 Å². The highest BCUT2D eigenvalue weighted by Gasteiger charge is 2.33. The number of aliphatic hydroxyl groups excluding tert-OH is 1. The standard InChI is InChI=1S/C11H16N2O3S/c14-10-1-3-13-9(5-10)6-12-11(13)8-2-4-17(15,16)7-8/h6,8,10,14H,1-5,7H2. The SMILES string of the molecule is O=S1(=O)CCC(c2ncc3n2CCC(O)C3)C1. The largest absolute Gasteiger partial charge is 0.393 e. The molecule has 2 aliphatic rings. The molecule has 1 fully saturated rings. The first kappa shape index (κ1) is 11.2. The molecule has 0 aliphatic carbocycles. The lowest BCUT2D eigenvalue weighted by atomic mass is 10.1. The molecular formula is C11H16N2O3S. The molecule has 1 N–H and O–H groups in total. The van der Waals surface area contributed by atoms with Crippen LogP contribution in [0.25, 0.3) is 0 Å². The molecule has 0 aromatic carbocycles. The molecule has 0 amide bonds. The molecule has 0 bridgehead atoms. The summed E-state index contributed by atoms with van der Waals surface area (Å²) >= 11 is 0. The van der Waals surface area contributed by atoms with Gasteiger partial charge in [-0.05, 0) is 12.8 Å². The molecule has 1 aromatic heterocycles. The van der Waals surface area contributed by atoms with Crippen molar-refractivity contribution < 1.29 is 13.5 Å². The van der Waals surface area contributed by atoms with E-state index in [9.17, 15) is 13.5 Å². The predicted octanol–water partition coefficient (Wildman–Crippen LogP) is 0.0923. The van der Waals surface area contributed by atoms with Gasteiger partial charge in [0.2, 0.25) is 0 Å². The molecule has 0 spiro atoms. The second-order valence-electron chi connectivity index (χ2n) is 5.01. The van der Waals surface area contributed by atoms with Crippen molar-refractivity contribution in [2.45, 2.75) is 37.8 Å². The normalized spacial score (nSPS) is 31.4. The summed E-state index contributed by atoms with van der Waals surface area (Å²) in [4.78, 5) is 4.37. The van der Waals surface area contributed by atoms with Crippen molar-refractivity contribution in [2.24, 2.45) is 0 Å². The van der Waals surface area contributed by atoms with Crippen molar-refractivity contribution in [3.8, 4) is 0 Å². The summed E-state index contributed by atoms with van der Waals surface area (Å²) in [6, 6.07) is 0. The Morgan fingerprint density at radius 3 is 2.94 bits per heavy atom. The summed E-state index contributed by atoms with van der Waals surface area (Å²) in [5.41, 5.74) is 1.03. The van der Waals surface area contributed by atoms with E-state index >= 15 is 0 Å². The van der Waals surface area contributed by atoms with Crippen molar-refractivity contribution in [3.05, 3.63) is 17.7 Å². The van der Waals surface area contributed by atoms with Crippen LogP contribution >= 0.6 is 0 Å². The van der Waals surface area contributed by atoms with E-state index in [0.29, 0.717) is 12.8 Å². The van der Waals surface area contributed by atoms with Crippen molar-refractivity contribution in [2.75, 3.05) is 11.5 Å². The van der Waals surface area contributed by atoms with E-state index in [1.54, 1.807) is 6.20 Å². The number of aromatic nitrogens is 2. The third-order valence-electron chi connectivity index (χ3n) is 3.70. The average Bonchev–Trinajstić information content (AvgIpc) is 2.80. The Balaban J connectivity index is 1.90. The molecule has 17 heavy (non-hydrogen) atoms. The molecule has 3 rings (SSSR count). The van der Waals surface area contributed by atoms with Gasteiger partial charge in [-0.25, -0.2) is 13.4 Å². The van der Waals surface area contributed by atoms with Gasteiger partial charge in [0.05, 0.1) is 17.6 Å². The zero-order chi connectivity index (χ0) is 12.0. The number of imidazole rings is 1. The van der Waals surface area contributed by atoms with Gasteiger partial charge in [0.15, 0.2) is 9.84 Å². The highest BCUT2D eigenvalue weighted by molar-refractivity contribution is 7.91. The summed E-state index contributed by atoms with van der Waals surface area (Å²) in [5.74, 6) is 1.45. The van der Waals surface area contributed by atoms with Crippen LogP contribution in [0.15, 0.2) is 6.20 Å². The smallest absolute Gasteiger partial charge is 0.151 e. The Labute approximate surface area is 100 Å². The van der Waals surface area contributed by atoms with Crippen LogP contribution in [0.1, 0.15) is 30.3 Å². The fourth-order valence-corrected chi connectivity index (χ4v) is 4.53. The Hall–Kier alpha value is -0.880. The van der Waals surface area contributed by atoms with Gasteiger partial charge in [-0.3, -0.25) is 0 Å². The monoisotopic (exact) mass is 256 g/mol. The lowest BCUT2D eigenvalue weighted by Crippen LogP contribution is -2.24. The van der Waals surface area contributed by atoms with Crippen LogP contribution in [0, 0.1) is 0 Å². The minimum absolute atomic E-state index is 0.0454. The van der Waals surface area contributed by atoms with E-state index in [-0.39, 0.29) is 23.5 Å². The fraction of sp³-hybridized carbons (Fsp3) is 0.727. The molecule has 2 aliphatic heterocycles. The van der Waals surface area contributed by atoms with Gasteiger partial charge >= 0.3 is 0 Å². The Kier molecular flexibility index (Phi) is 2.52. The fourth-order valence-electron chi connectivity index (χ4n) is 2.79. The van der Waals surface area contributed by atoms with Crippen molar-refractivity contribution >= 4 is 9.84 Å². The third kappa shape index (κ3) is 1.99. The number of nitrogens with zero attached hydrogens (tertiary/aromatic N) is 2. The molecule has 5 nitrogen and oxygen atoms in total. The maximum atomic E-state index is 11.5. The first-order valence-corrected chi connectivity index (χ1v) is 7.80. The van der Waals surface area contributed by atoms with Gasteiger partial charge in [0, 0.05) is 30.8 Å². The average molecular weight is 256 g/mol. The van der Waals surface area contributed by atoms with Gasteiger partial charge in [0.25, 0.3) is 0 Å². The third-order valence-corrected chi connectivity index (χ3v) is 5.47. The van der Waals surface area contributed by atoms with E-state index in [2.05, 4.69) is 9.55 Å². The first-order valence-electron chi connectivity index (χ1n) is 5.98. The molecule has 0 radical (unpaired) electrons. The van der Waals surface area contributed by atoms with Gasteiger partial charge in [0.1, 0.15) is 5.82 Å². The summed E-state index contributed by atoms with van der Waals surface area (Å²) in [6.07, 6.45) is 3.55. The Morgan fingerprint density at radius 1 is 1.41 bits per heavy atom. The Morgan fingerprint density at radius 2 is 2.24 bits per heavy atom. The maximum absolute atomic E-state index is 11.5. The molecule has 1 saturated heterocycles. The second-order valence-corrected chi connectivity index (χ2v) is 7.23. The lowest BCUT2D eigenvalue weighted by molar-refractivity contribution is 0.142. The molecule has 2 unspecified atom stereocenters.